The van der Waals surface area contributed by atoms with Crippen LogP contribution in [-0.2, 0) is 4.79 Å². The Kier molecular flexibility index (Phi) is 2.88. The number of carbonyl (C=O) groups excluding carboxylic acids is 1. The monoisotopic (exact) mass is 295 g/mol. The van der Waals surface area contributed by atoms with Crippen LogP contribution >= 0.6 is 21.8 Å². The summed E-state index contributed by atoms with van der Waals surface area (Å²) in [5.41, 5.74) is -0.0405. The second-order valence-electron chi connectivity index (χ2n) is 3.18. The standard InChI is InChI=1S/C8H7ClF5NOS/c9-5-8(16)15-6-1-3-7(4-2-6)17(10,11,12,13)14/h1-4H,5H2,(H,15,16). The Hall–Kier alpha value is -1.02. The van der Waals surface area contributed by atoms with E-state index in [1.165, 1.54) is 0 Å². The summed E-state index contributed by atoms with van der Waals surface area (Å²) in [6.07, 6.45) is 0. The van der Waals surface area contributed by atoms with Gasteiger partial charge in [-0.05, 0) is 24.3 Å². The first-order chi connectivity index (χ1) is 7.42. The first-order valence-corrected chi connectivity index (χ1v) is 6.61. The van der Waals surface area contributed by atoms with Gasteiger partial charge in [0, 0.05) is 5.69 Å². The van der Waals surface area contributed by atoms with Crippen molar-refractivity contribution in [2.24, 2.45) is 0 Å². The van der Waals surface area contributed by atoms with Gasteiger partial charge in [0.2, 0.25) is 5.91 Å². The molecule has 98 valence electrons. The lowest BCUT2D eigenvalue weighted by Crippen LogP contribution is -2.12. The normalized spacial score (nSPS) is 15.9. The zero-order chi connectivity index (χ0) is 13.4. The molecule has 0 spiro atoms. The minimum atomic E-state index is -9.64. The summed E-state index contributed by atoms with van der Waals surface area (Å²) >= 11 is 5.14. The average Bonchev–Trinajstić information content (AvgIpc) is 2.15. The van der Waals surface area contributed by atoms with E-state index in [0.717, 1.165) is 12.1 Å². The van der Waals surface area contributed by atoms with Crippen molar-refractivity contribution >= 4 is 33.4 Å². The Morgan fingerprint density at radius 1 is 1.12 bits per heavy atom. The van der Waals surface area contributed by atoms with E-state index in [1.54, 1.807) is 0 Å². The molecular formula is C8H7ClF5NOS. The molecule has 9 heteroatoms. The van der Waals surface area contributed by atoms with Crippen molar-refractivity contribution in [3.05, 3.63) is 24.3 Å². The van der Waals surface area contributed by atoms with Gasteiger partial charge < -0.3 is 5.32 Å². The number of halogens is 6. The summed E-state index contributed by atoms with van der Waals surface area (Å²) in [5.74, 6) is -1.03. The van der Waals surface area contributed by atoms with Gasteiger partial charge in [0.25, 0.3) is 0 Å². The molecule has 0 bridgehead atoms. The molecule has 1 aromatic carbocycles. The summed E-state index contributed by atoms with van der Waals surface area (Å²) in [6.45, 7) is 0. The number of amides is 1. The number of hydrogen-bond acceptors (Lipinski definition) is 1. The quantitative estimate of drug-likeness (QED) is 0.644. The van der Waals surface area contributed by atoms with Crippen LogP contribution in [0.5, 0.6) is 0 Å². The van der Waals surface area contributed by atoms with E-state index in [1.807, 2.05) is 0 Å². The highest BCUT2D eigenvalue weighted by Gasteiger charge is 2.65. The van der Waals surface area contributed by atoms with Crippen LogP contribution in [0.1, 0.15) is 0 Å². The molecule has 1 N–H and O–H groups in total. The van der Waals surface area contributed by atoms with Gasteiger partial charge in [0.1, 0.15) is 10.8 Å². The molecule has 1 rings (SSSR count). The zero-order valence-corrected chi connectivity index (χ0v) is 9.67. The van der Waals surface area contributed by atoms with E-state index in [2.05, 4.69) is 5.32 Å². The molecular weight excluding hydrogens is 289 g/mol. The van der Waals surface area contributed by atoms with Crippen molar-refractivity contribution in [3.8, 4) is 0 Å². The third-order valence-corrected chi connectivity index (χ3v) is 3.11. The van der Waals surface area contributed by atoms with Crippen LogP contribution < -0.4 is 5.32 Å². The summed E-state index contributed by atoms with van der Waals surface area (Å²) in [4.78, 5) is 8.78. The molecule has 2 nitrogen and oxygen atoms in total. The Morgan fingerprint density at radius 2 is 1.59 bits per heavy atom. The van der Waals surface area contributed by atoms with Gasteiger partial charge >= 0.3 is 10.2 Å². The number of hydrogen-bond donors (Lipinski definition) is 1. The van der Waals surface area contributed by atoms with Gasteiger partial charge in [-0.25, -0.2) is 0 Å². The van der Waals surface area contributed by atoms with Crippen molar-refractivity contribution in [1.82, 2.24) is 0 Å². The maximum atomic E-state index is 12.3. The molecule has 1 amide bonds. The number of rotatable bonds is 3. The smallest absolute Gasteiger partial charge is 0.310 e. The molecule has 0 aliphatic carbocycles. The zero-order valence-electron chi connectivity index (χ0n) is 8.10. The average molecular weight is 296 g/mol. The number of benzene rings is 1. The van der Waals surface area contributed by atoms with Crippen molar-refractivity contribution < 1.29 is 24.2 Å². The summed E-state index contributed by atoms with van der Waals surface area (Å²) < 4.78 is 61.5. The van der Waals surface area contributed by atoms with Crippen LogP contribution in [0.3, 0.4) is 0 Å². The fourth-order valence-corrected chi connectivity index (χ4v) is 1.71. The Bertz CT molecular complexity index is 442. The predicted molar refractivity (Wildman–Crippen MR) is 57.2 cm³/mol. The molecule has 0 atom stereocenters. The Labute approximate surface area is 98.5 Å². The number of anilines is 1. The predicted octanol–water partition coefficient (Wildman–Crippen LogP) is 4.52. The van der Waals surface area contributed by atoms with Crippen molar-refractivity contribution in [2.75, 3.05) is 11.2 Å². The number of alkyl halides is 1. The molecule has 0 aliphatic rings. The molecule has 0 saturated heterocycles. The third kappa shape index (κ3) is 4.04. The van der Waals surface area contributed by atoms with Gasteiger partial charge in [-0.15, -0.1) is 11.6 Å². The van der Waals surface area contributed by atoms with Crippen LogP contribution in [0, 0.1) is 0 Å². The SMILES string of the molecule is O=C(CCl)Nc1ccc(S(F)(F)(F)(F)F)cc1. The molecule has 0 unspecified atom stereocenters. The van der Waals surface area contributed by atoms with Gasteiger partial charge in [0.15, 0.2) is 0 Å². The van der Waals surface area contributed by atoms with Gasteiger partial charge in [-0.1, -0.05) is 19.4 Å². The highest BCUT2D eigenvalue weighted by atomic mass is 35.5. The minimum absolute atomic E-state index is 0.0405. The van der Waals surface area contributed by atoms with E-state index in [-0.39, 0.29) is 23.7 Å². The van der Waals surface area contributed by atoms with Crippen molar-refractivity contribution in [3.63, 3.8) is 0 Å². The molecule has 17 heavy (non-hydrogen) atoms. The van der Waals surface area contributed by atoms with E-state index in [4.69, 9.17) is 11.6 Å². The van der Waals surface area contributed by atoms with Crippen molar-refractivity contribution in [1.29, 1.82) is 0 Å². The van der Waals surface area contributed by atoms with E-state index in [0.29, 0.717) is 0 Å². The maximum Gasteiger partial charge on any atom is 0.310 e. The lowest BCUT2D eigenvalue weighted by molar-refractivity contribution is -0.113. The Morgan fingerprint density at radius 3 is 1.94 bits per heavy atom. The largest absolute Gasteiger partial charge is 0.325 e. The summed E-state index contributed by atoms with van der Waals surface area (Å²) in [7, 11) is -9.64. The molecule has 0 fully saturated rings. The number of carbonyl (C=O) groups is 1. The lowest BCUT2D eigenvalue weighted by Gasteiger charge is -2.40. The minimum Gasteiger partial charge on any atom is -0.325 e. The second-order valence-corrected chi connectivity index (χ2v) is 5.85. The molecule has 0 aliphatic heterocycles. The highest BCUT2D eigenvalue weighted by Crippen LogP contribution is 3.02. The van der Waals surface area contributed by atoms with Gasteiger partial charge in [-0.3, -0.25) is 4.79 Å². The molecule has 0 saturated carbocycles. The first kappa shape index (κ1) is 14.0. The van der Waals surface area contributed by atoms with Crippen LogP contribution in [0.2, 0.25) is 0 Å². The van der Waals surface area contributed by atoms with Crippen molar-refractivity contribution in [2.45, 2.75) is 4.90 Å². The van der Waals surface area contributed by atoms with E-state index < -0.39 is 21.0 Å². The topological polar surface area (TPSA) is 29.1 Å². The highest BCUT2D eigenvalue weighted by molar-refractivity contribution is 8.45. The van der Waals surface area contributed by atoms with Gasteiger partial charge in [0.05, 0.1) is 0 Å². The van der Waals surface area contributed by atoms with Crippen LogP contribution in [0.15, 0.2) is 29.2 Å². The lowest BCUT2D eigenvalue weighted by atomic mass is 10.3. The Balaban J connectivity index is 3.02. The maximum absolute atomic E-state index is 12.3. The van der Waals surface area contributed by atoms with E-state index in [9.17, 15) is 24.2 Å². The summed E-state index contributed by atoms with van der Waals surface area (Å²) in [5, 5.41) is 2.13. The molecule has 0 radical (unpaired) electrons. The first-order valence-electron chi connectivity index (χ1n) is 4.12. The molecule has 1 aromatic rings. The number of nitrogens with one attached hydrogen (secondary N) is 1. The van der Waals surface area contributed by atoms with Crippen LogP contribution in [0.4, 0.5) is 25.1 Å². The molecule has 0 heterocycles. The second kappa shape index (κ2) is 3.49. The van der Waals surface area contributed by atoms with Gasteiger partial charge in [-0.2, -0.15) is 0 Å². The van der Waals surface area contributed by atoms with E-state index >= 15 is 0 Å². The fourth-order valence-electron chi connectivity index (χ4n) is 0.990. The third-order valence-electron chi connectivity index (χ3n) is 1.70. The van der Waals surface area contributed by atoms with Crippen LogP contribution in [-0.4, -0.2) is 11.8 Å². The fraction of sp³-hybridized carbons (Fsp3) is 0.125. The summed E-state index contributed by atoms with van der Waals surface area (Å²) in [6, 6.07) is 1.90. The van der Waals surface area contributed by atoms with Crippen LogP contribution in [0.25, 0.3) is 0 Å². The molecule has 0 aromatic heterocycles.